The van der Waals surface area contributed by atoms with Crippen LogP contribution in [0.1, 0.15) is 36.8 Å². The van der Waals surface area contributed by atoms with Crippen molar-refractivity contribution in [3.05, 3.63) is 35.4 Å². The van der Waals surface area contributed by atoms with Gasteiger partial charge in [0.05, 0.1) is 6.42 Å². The molecule has 0 aliphatic carbocycles. The molecule has 4 heteroatoms. The summed E-state index contributed by atoms with van der Waals surface area (Å²) in [7, 11) is 0. The van der Waals surface area contributed by atoms with Crippen LogP contribution in [-0.4, -0.2) is 41.1 Å². The molecular formula is C17H24N2O2. The fourth-order valence-corrected chi connectivity index (χ4v) is 3.73. The Kier molecular flexibility index (Phi) is 4.56. The first-order chi connectivity index (χ1) is 10.2. The van der Waals surface area contributed by atoms with E-state index in [1.807, 2.05) is 24.3 Å². The second-order valence-electron chi connectivity index (χ2n) is 6.27. The summed E-state index contributed by atoms with van der Waals surface area (Å²) in [6.45, 7) is 3.26. The largest absolute Gasteiger partial charge is 0.481 e. The summed E-state index contributed by atoms with van der Waals surface area (Å²) >= 11 is 0. The Balaban J connectivity index is 1.56. The molecule has 0 saturated carbocycles. The number of rotatable bonds is 5. The summed E-state index contributed by atoms with van der Waals surface area (Å²) in [6.07, 6.45) is 5.24. The third-order valence-electron chi connectivity index (χ3n) is 4.86. The van der Waals surface area contributed by atoms with Gasteiger partial charge in [-0.25, -0.2) is 0 Å². The van der Waals surface area contributed by atoms with Crippen LogP contribution in [0.25, 0.3) is 0 Å². The molecule has 2 saturated heterocycles. The number of nitrogens with zero attached hydrogens (tertiary/aromatic N) is 1. The first-order valence-electron chi connectivity index (χ1n) is 7.98. The summed E-state index contributed by atoms with van der Waals surface area (Å²) in [6, 6.07) is 9.20. The van der Waals surface area contributed by atoms with Crippen LogP contribution in [0, 0.1) is 0 Å². The van der Waals surface area contributed by atoms with Crippen LogP contribution in [0.5, 0.6) is 0 Å². The lowest BCUT2D eigenvalue weighted by atomic mass is 9.97. The minimum absolute atomic E-state index is 0.110. The van der Waals surface area contributed by atoms with Gasteiger partial charge in [0.1, 0.15) is 0 Å². The van der Waals surface area contributed by atoms with Gasteiger partial charge in [-0.1, -0.05) is 24.3 Å². The number of hydrogen-bond acceptors (Lipinski definition) is 3. The number of fused-ring (bicyclic) bond motifs is 1. The minimum Gasteiger partial charge on any atom is -0.481 e. The highest BCUT2D eigenvalue weighted by Crippen LogP contribution is 2.27. The van der Waals surface area contributed by atoms with Crippen molar-refractivity contribution in [3.8, 4) is 0 Å². The maximum Gasteiger partial charge on any atom is 0.307 e. The standard InChI is InChI=1S/C17H24N2O2/c20-17(21)10-13-4-1-2-5-14(13)12-18-15-7-9-19-8-3-6-16(19)11-15/h1-2,4-5,15-16,18H,3,6-12H2,(H,20,21). The zero-order valence-corrected chi connectivity index (χ0v) is 12.4. The van der Waals surface area contributed by atoms with E-state index in [0.29, 0.717) is 6.04 Å². The Hall–Kier alpha value is -1.39. The molecule has 21 heavy (non-hydrogen) atoms. The molecule has 0 aromatic heterocycles. The number of carboxylic acid groups (broad SMARTS) is 1. The van der Waals surface area contributed by atoms with Gasteiger partial charge < -0.3 is 15.3 Å². The van der Waals surface area contributed by atoms with Crippen LogP contribution in [0.4, 0.5) is 0 Å². The van der Waals surface area contributed by atoms with E-state index in [1.54, 1.807) is 0 Å². The molecule has 114 valence electrons. The lowest BCUT2D eigenvalue weighted by Crippen LogP contribution is -2.45. The summed E-state index contributed by atoms with van der Waals surface area (Å²) in [5.41, 5.74) is 2.05. The van der Waals surface area contributed by atoms with E-state index < -0.39 is 5.97 Å². The van der Waals surface area contributed by atoms with Crippen molar-refractivity contribution in [2.45, 2.75) is 50.7 Å². The predicted molar refractivity (Wildman–Crippen MR) is 82.2 cm³/mol. The molecule has 4 nitrogen and oxygen atoms in total. The molecule has 2 aliphatic rings. The Morgan fingerprint density at radius 3 is 2.86 bits per heavy atom. The molecule has 0 radical (unpaired) electrons. The van der Waals surface area contributed by atoms with E-state index >= 15 is 0 Å². The van der Waals surface area contributed by atoms with E-state index in [1.165, 1.54) is 38.8 Å². The maximum atomic E-state index is 10.9. The molecule has 1 aromatic rings. The fourth-order valence-electron chi connectivity index (χ4n) is 3.73. The lowest BCUT2D eigenvalue weighted by Gasteiger charge is -2.35. The molecular weight excluding hydrogens is 264 g/mol. The molecule has 2 atom stereocenters. The lowest BCUT2D eigenvalue weighted by molar-refractivity contribution is -0.136. The molecule has 2 aliphatic heterocycles. The number of carbonyl (C=O) groups is 1. The van der Waals surface area contributed by atoms with Gasteiger partial charge in [0, 0.05) is 18.6 Å². The predicted octanol–water partition coefficient (Wildman–Crippen LogP) is 2.03. The molecule has 0 amide bonds. The average molecular weight is 288 g/mol. The maximum absolute atomic E-state index is 10.9. The van der Waals surface area contributed by atoms with Crippen LogP contribution in [0.3, 0.4) is 0 Å². The second kappa shape index (κ2) is 6.58. The van der Waals surface area contributed by atoms with Gasteiger partial charge in [-0.15, -0.1) is 0 Å². The van der Waals surface area contributed by atoms with Crippen molar-refractivity contribution < 1.29 is 9.90 Å². The minimum atomic E-state index is -0.762. The molecule has 2 N–H and O–H groups in total. The number of nitrogens with one attached hydrogen (secondary N) is 1. The molecule has 1 aromatic carbocycles. The van der Waals surface area contributed by atoms with Crippen molar-refractivity contribution in [1.82, 2.24) is 10.2 Å². The first kappa shape index (κ1) is 14.5. The SMILES string of the molecule is O=C(O)Cc1ccccc1CNC1CCN2CCCC2C1. The average Bonchev–Trinajstić information content (AvgIpc) is 2.93. The molecule has 2 unspecified atom stereocenters. The third kappa shape index (κ3) is 3.63. The second-order valence-corrected chi connectivity index (χ2v) is 6.27. The van der Waals surface area contributed by atoms with Gasteiger partial charge in [-0.2, -0.15) is 0 Å². The third-order valence-corrected chi connectivity index (χ3v) is 4.86. The molecule has 2 heterocycles. The van der Waals surface area contributed by atoms with Crippen molar-refractivity contribution in [2.75, 3.05) is 13.1 Å². The molecule has 0 spiro atoms. The zero-order chi connectivity index (χ0) is 14.7. The van der Waals surface area contributed by atoms with Gasteiger partial charge in [-0.3, -0.25) is 4.79 Å². The number of aliphatic carboxylic acids is 1. The van der Waals surface area contributed by atoms with E-state index in [-0.39, 0.29) is 6.42 Å². The van der Waals surface area contributed by atoms with E-state index in [0.717, 1.165) is 23.7 Å². The van der Waals surface area contributed by atoms with Crippen molar-refractivity contribution in [1.29, 1.82) is 0 Å². The number of piperidine rings is 1. The number of carboxylic acids is 1. The normalized spacial score (nSPS) is 25.7. The van der Waals surface area contributed by atoms with Crippen molar-refractivity contribution in [3.63, 3.8) is 0 Å². The molecule has 3 rings (SSSR count). The highest BCUT2D eigenvalue weighted by molar-refractivity contribution is 5.70. The van der Waals surface area contributed by atoms with E-state index in [9.17, 15) is 4.79 Å². The van der Waals surface area contributed by atoms with Crippen LogP contribution in [0.15, 0.2) is 24.3 Å². The Bertz CT molecular complexity index is 503. The van der Waals surface area contributed by atoms with Gasteiger partial charge >= 0.3 is 5.97 Å². The summed E-state index contributed by atoms with van der Waals surface area (Å²) in [5, 5.41) is 12.6. The van der Waals surface area contributed by atoms with Gasteiger partial charge in [-0.05, 0) is 49.9 Å². The highest BCUT2D eigenvalue weighted by atomic mass is 16.4. The summed E-state index contributed by atoms with van der Waals surface area (Å²) in [5.74, 6) is -0.762. The monoisotopic (exact) mass is 288 g/mol. The Labute approximate surface area is 126 Å². The molecule has 2 fully saturated rings. The summed E-state index contributed by atoms with van der Waals surface area (Å²) < 4.78 is 0. The summed E-state index contributed by atoms with van der Waals surface area (Å²) in [4.78, 5) is 13.5. The number of benzene rings is 1. The van der Waals surface area contributed by atoms with Gasteiger partial charge in [0.25, 0.3) is 0 Å². The molecule has 0 bridgehead atoms. The van der Waals surface area contributed by atoms with Gasteiger partial charge in [0.15, 0.2) is 0 Å². The quantitative estimate of drug-likeness (QED) is 0.870. The fraction of sp³-hybridized carbons (Fsp3) is 0.588. The highest BCUT2D eigenvalue weighted by Gasteiger charge is 2.31. The van der Waals surface area contributed by atoms with Crippen molar-refractivity contribution in [2.24, 2.45) is 0 Å². The smallest absolute Gasteiger partial charge is 0.307 e. The van der Waals surface area contributed by atoms with E-state index in [4.69, 9.17) is 5.11 Å². The zero-order valence-electron chi connectivity index (χ0n) is 12.4. The van der Waals surface area contributed by atoms with Crippen LogP contribution in [-0.2, 0) is 17.8 Å². The first-order valence-corrected chi connectivity index (χ1v) is 7.98. The van der Waals surface area contributed by atoms with Crippen LogP contribution < -0.4 is 5.32 Å². The van der Waals surface area contributed by atoms with Crippen LogP contribution >= 0.6 is 0 Å². The van der Waals surface area contributed by atoms with Gasteiger partial charge in [0.2, 0.25) is 0 Å². The topological polar surface area (TPSA) is 52.6 Å². The number of hydrogen-bond donors (Lipinski definition) is 2. The Morgan fingerprint density at radius 2 is 2.05 bits per heavy atom. The Morgan fingerprint density at radius 1 is 1.24 bits per heavy atom. The van der Waals surface area contributed by atoms with E-state index in [2.05, 4.69) is 10.2 Å². The van der Waals surface area contributed by atoms with Crippen LogP contribution in [0.2, 0.25) is 0 Å². The van der Waals surface area contributed by atoms with Crippen molar-refractivity contribution >= 4 is 5.97 Å².